The Bertz CT molecular complexity index is 225. The van der Waals surface area contributed by atoms with Crippen molar-refractivity contribution in [3.63, 3.8) is 0 Å². The summed E-state index contributed by atoms with van der Waals surface area (Å²) in [5, 5.41) is 0. The normalized spacial score (nSPS) is 20.6. The van der Waals surface area contributed by atoms with Gasteiger partial charge in [0.15, 0.2) is 0 Å². The predicted octanol–water partition coefficient (Wildman–Crippen LogP) is 3.49. The Morgan fingerprint density at radius 3 is 3.07 bits per heavy atom. The fraction of sp³-hybridized carbons (Fsp3) is 0.538. The number of hydrogen-bond donors (Lipinski definition) is 0. The lowest BCUT2D eigenvalue weighted by Gasteiger charge is -2.12. The van der Waals surface area contributed by atoms with E-state index in [0.717, 1.165) is 26.1 Å². The maximum absolute atomic E-state index is 5.54. The molecule has 0 aromatic rings. The highest BCUT2D eigenvalue weighted by atomic mass is 16.5. The van der Waals surface area contributed by atoms with Crippen LogP contribution < -0.4 is 0 Å². The first kappa shape index (κ1) is 11.3. The first-order valence-electron chi connectivity index (χ1n) is 5.44. The summed E-state index contributed by atoms with van der Waals surface area (Å²) in [6, 6.07) is 0. The van der Waals surface area contributed by atoms with E-state index in [1.54, 1.807) is 0 Å². The first-order chi connectivity index (χ1) is 6.86. The lowest BCUT2D eigenvalue weighted by molar-refractivity contribution is 0.154. The van der Waals surface area contributed by atoms with E-state index in [1.165, 1.54) is 12.0 Å². The van der Waals surface area contributed by atoms with Gasteiger partial charge in [-0.15, -0.1) is 6.58 Å². The Balaban J connectivity index is 2.18. The molecule has 1 heteroatoms. The van der Waals surface area contributed by atoms with Crippen LogP contribution in [0.15, 0.2) is 36.5 Å². The summed E-state index contributed by atoms with van der Waals surface area (Å²) in [6.45, 7) is 7.61. The van der Waals surface area contributed by atoms with Gasteiger partial charge in [-0.25, -0.2) is 0 Å². The molecule has 1 unspecified atom stereocenters. The standard InChI is InChI=1S/C13H20O/c1-3-5-10-14-11-13-8-6-12(4-2)7-9-13/h4,6,8-9,12H,2-3,5,7,10-11H2,1H3. The zero-order chi connectivity index (χ0) is 10.2. The number of ether oxygens (including phenoxy) is 1. The summed E-state index contributed by atoms with van der Waals surface area (Å²) in [6.07, 6.45) is 12.0. The minimum absolute atomic E-state index is 0.523. The fourth-order valence-electron chi connectivity index (χ4n) is 1.40. The van der Waals surface area contributed by atoms with Gasteiger partial charge in [-0.2, -0.15) is 0 Å². The molecule has 0 saturated heterocycles. The average molecular weight is 192 g/mol. The molecule has 0 fully saturated rings. The Morgan fingerprint density at radius 2 is 2.50 bits per heavy atom. The zero-order valence-corrected chi connectivity index (χ0v) is 9.04. The van der Waals surface area contributed by atoms with Gasteiger partial charge in [0.1, 0.15) is 0 Å². The molecule has 0 bridgehead atoms. The molecular formula is C13H20O. The number of hydrogen-bond acceptors (Lipinski definition) is 1. The lowest BCUT2D eigenvalue weighted by Crippen LogP contribution is -2.03. The van der Waals surface area contributed by atoms with Crippen LogP contribution >= 0.6 is 0 Å². The van der Waals surface area contributed by atoms with Crippen LogP contribution in [-0.4, -0.2) is 13.2 Å². The minimum Gasteiger partial charge on any atom is -0.377 e. The third-order valence-electron chi connectivity index (χ3n) is 2.42. The molecule has 0 aromatic heterocycles. The predicted molar refractivity (Wildman–Crippen MR) is 61.3 cm³/mol. The van der Waals surface area contributed by atoms with Crippen molar-refractivity contribution in [2.75, 3.05) is 13.2 Å². The molecule has 1 atom stereocenters. The van der Waals surface area contributed by atoms with Crippen LogP contribution in [0.4, 0.5) is 0 Å². The molecule has 0 spiro atoms. The van der Waals surface area contributed by atoms with Crippen LogP contribution in [0.2, 0.25) is 0 Å². The molecular weight excluding hydrogens is 172 g/mol. The first-order valence-corrected chi connectivity index (χ1v) is 5.44. The molecule has 0 aliphatic heterocycles. The second-order valence-corrected chi connectivity index (χ2v) is 3.68. The summed E-state index contributed by atoms with van der Waals surface area (Å²) in [5.41, 5.74) is 1.30. The number of unbranched alkanes of at least 4 members (excludes halogenated alkanes) is 1. The van der Waals surface area contributed by atoms with E-state index < -0.39 is 0 Å². The van der Waals surface area contributed by atoms with E-state index in [0.29, 0.717) is 5.92 Å². The third-order valence-corrected chi connectivity index (χ3v) is 2.42. The largest absolute Gasteiger partial charge is 0.377 e. The average Bonchev–Trinajstić information content (AvgIpc) is 2.25. The molecule has 0 radical (unpaired) electrons. The van der Waals surface area contributed by atoms with Gasteiger partial charge < -0.3 is 4.74 Å². The zero-order valence-electron chi connectivity index (χ0n) is 9.04. The highest BCUT2D eigenvalue weighted by Gasteiger charge is 2.04. The maximum atomic E-state index is 5.54. The summed E-state index contributed by atoms with van der Waals surface area (Å²) in [7, 11) is 0. The van der Waals surface area contributed by atoms with E-state index in [4.69, 9.17) is 4.74 Å². The Morgan fingerprint density at radius 1 is 1.64 bits per heavy atom. The summed E-state index contributed by atoms with van der Waals surface area (Å²) >= 11 is 0. The van der Waals surface area contributed by atoms with Crippen molar-refractivity contribution in [3.8, 4) is 0 Å². The molecule has 0 aromatic carbocycles. The van der Waals surface area contributed by atoms with Gasteiger partial charge in [0.05, 0.1) is 6.61 Å². The Kier molecular flexibility index (Phi) is 5.31. The summed E-state index contributed by atoms with van der Waals surface area (Å²) < 4.78 is 5.54. The second kappa shape index (κ2) is 6.61. The van der Waals surface area contributed by atoms with E-state index >= 15 is 0 Å². The molecule has 0 N–H and O–H groups in total. The van der Waals surface area contributed by atoms with Gasteiger partial charge in [0, 0.05) is 6.61 Å². The number of allylic oxidation sites excluding steroid dienone is 3. The van der Waals surface area contributed by atoms with Gasteiger partial charge in [-0.3, -0.25) is 0 Å². The number of rotatable bonds is 6. The van der Waals surface area contributed by atoms with Crippen LogP contribution in [0.1, 0.15) is 26.2 Å². The lowest BCUT2D eigenvalue weighted by atomic mass is 9.97. The molecule has 1 nitrogen and oxygen atoms in total. The Labute approximate surface area is 87.2 Å². The SMILES string of the molecule is C=CC1C=CC(COCCCC)=CC1. The molecule has 14 heavy (non-hydrogen) atoms. The van der Waals surface area contributed by atoms with Crippen LogP contribution in [0, 0.1) is 5.92 Å². The minimum atomic E-state index is 0.523. The summed E-state index contributed by atoms with van der Waals surface area (Å²) in [5.74, 6) is 0.523. The van der Waals surface area contributed by atoms with Gasteiger partial charge in [-0.1, -0.05) is 37.6 Å². The van der Waals surface area contributed by atoms with E-state index in [2.05, 4.69) is 31.7 Å². The van der Waals surface area contributed by atoms with Crippen molar-refractivity contribution in [3.05, 3.63) is 36.5 Å². The molecule has 1 aliphatic carbocycles. The molecule has 0 heterocycles. The molecule has 1 rings (SSSR count). The van der Waals surface area contributed by atoms with E-state index in [1.807, 2.05) is 6.08 Å². The summed E-state index contributed by atoms with van der Waals surface area (Å²) in [4.78, 5) is 0. The molecule has 0 amide bonds. The van der Waals surface area contributed by atoms with Crippen molar-refractivity contribution in [1.82, 2.24) is 0 Å². The second-order valence-electron chi connectivity index (χ2n) is 3.68. The fourth-order valence-corrected chi connectivity index (χ4v) is 1.40. The highest BCUT2D eigenvalue weighted by molar-refractivity contribution is 5.25. The maximum Gasteiger partial charge on any atom is 0.0713 e. The smallest absolute Gasteiger partial charge is 0.0713 e. The van der Waals surface area contributed by atoms with Crippen LogP contribution in [0.3, 0.4) is 0 Å². The van der Waals surface area contributed by atoms with Gasteiger partial charge in [0.25, 0.3) is 0 Å². The van der Waals surface area contributed by atoms with Crippen LogP contribution in [0.25, 0.3) is 0 Å². The van der Waals surface area contributed by atoms with Crippen molar-refractivity contribution in [2.45, 2.75) is 26.2 Å². The molecule has 0 saturated carbocycles. The van der Waals surface area contributed by atoms with Gasteiger partial charge in [-0.05, 0) is 24.3 Å². The van der Waals surface area contributed by atoms with E-state index in [-0.39, 0.29) is 0 Å². The van der Waals surface area contributed by atoms with Crippen molar-refractivity contribution >= 4 is 0 Å². The third kappa shape index (κ3) is 3.93. The van der Waals surface area contributed by atoms with Gasteiger partial charge >= 0.3 is 0 Å². The van der Waals surface area contributed by atoms with Crippen molar-refractivity contribution in [1.29, 1.82) is 0 Å². The van der Waals surface area contributed by atoms with Crippen LogP contribution in [0.5, 0.6) is 0 Å². The van der Waals surface area contributed by atoms with Crippen LogP contribution in [-0.2, 0) is 4.74 Å². The van der Waals surface area contributed by atoms with E-state index in [9.17, 15) is 0 Å². The van der Waals surface area contributed by atoms with Gasteiger partial charge in [0.2, 0.25) is 0 Å². The Hall–Kier alpha value is -0.820. The molecule has 78 valence electrons. The quantitative estimate of drug-likeness (QED) is 0.462. The highest BCUT2D eigenvalue weighted by Crippen LogP contribution is 2.17. The monoisotopic (exact) mass is 192 g/mol. The topological polar surface area (TPSA) is 9.23 Å². The van der Waals surface area contributed by atoms with Crippen molar-refractivity contribution < 1.29 is 4.74 Å². The molecule has 1 aliphatic rings. The van der Waals surface area contributed by atoms with Crippen molar-refractivity contribution in [2.24, 2.45) is 5.92 Å².